The van der Waals surface area contributed by atoms with Gasteiger partial charge in [-0.05, 0) is 56.8 Å². The van der Waals surface area contributed by atoms with Gasteiger partial charge in [0.25, 0.3) is 0 Å². The van der Waals surface area contributed by atoms with E-state index in [9.17, 15) is 0 Å². The van der Waals surface area contributed by atoms with Crippen LogP contribution in [0.2, 0.25) is 0 Å². The molecule has 2 N–H and O–H groups in total. The van der Waals surface area contributed by atoms with E-state index >= 15 is 0 Å². The Balaban J connectivity index is 1.87. The summed E-state index contributed by atoms with van der Waals surface area (Å²) in [5.74, 6) is 0.589. The van der Waals surface area contributed by atoms with Gasteiger partial charge in [-0.3, -0.25) is 9.88 Å². The first kappa shape index (κ1) is 11.2. The average Bonchev–Trinajstić information content (AvgIpc) is 3.10. The van der Waals surface area contributed by atoms with Gasteiger partial charge in [0.1, 0.15) is 0 Å². The predicted molar refractivity (Wildman–Crippen MR) is 68.6 cm³/mol. The van der Waals surface area contributed by atoms with Gasteiger partial charge < -0.3 is 5.73 Å². The fraction of sp³-hybridized carbons (Fsp3) is 0.643. The highest BCUT2D eigenvalue weighted by Gasteiger charge is 2.42. The Kier molecular flexibility index (Phi) is 2.89. The van der Waals surface area contributed by atoms with Gasteiger partial charge in [-0.1, -0.05) is 6.07 Å². The van der Waals surface area contributed by atoms with Gasteiger partial charge in [0.05, 0.1) is 11.7 Å². The molecule has 3 rings (SSSR count). The van der Waals surface area contributed by atoms with Gasteiger partial charge >= 0.3 is 0 Å². The van der Waals surface area contributed by atoms with Crippen LogP contribution >= 0.6 is 0 Å². The Bertz CT molecular complexity index is 383. The molecule has 3 heteroatoms. The summed E-state index contributed by atoms with van der Waals surface area (Å²) >= 11 is 0. The molecule has 0 aromatic carbocycles. The van der Waals surface area contributed by atoms with E-state index in [0.717, 1.165) is 12.6 Å². The second kappa shape index (κ2) is 4.39. The SMILES string of the molecule is Cc1ccc(C2C(CN)CCN2C2CC2)nc1. The molecule has 2 aliphatic rings. The number of aromatic nitrogens is 1. The van der Waals surface area contributed by atoms with Crippen molar-refractivity contribution >= 4 is 0 Å². The van der Waals surface area contributed by atoms with Gasteiger partial charge in [-0.25, -0.2) is 0 Å². The first-order chi connectivity index (χ1) is 8.29. The number of hydrogen-bond acceptors (Lipinski definition) is 3. The van der Waals surface area contributed by atoms with Crippen LogP contribution in [0.4, 0.5) is 0 Å². The van der Waals surface area contributed by atoms with Crippen LogP contribution in [0.3, 0.4) is 0 Å². The molecule has 0 spiro atoms. The van der Waals surface area contributed by atoms with Gasteiger partial charge in [0.15, 0.2) is 0 Å². The lowest BCUT2D eigenvalue weighted by atomic mass is 9.97. The number of likely N-dealkylation sites (tertiary alicyclic amines) is 1. The Morgan fingerprint density at radius 1 is 1.35 bits per heavy atom. The maximum Gasteiger partial charge on any atom is 0.0579 e. The fourth-order valence-electron chi connectivity index (χ4n) is 3.01. The van der Waals surface area contributed by atoms with Crippen molar-refractivity contribution in [3.8, 4) is 0 Å². The molecule has 1 aliphatic heterocycles. The van der Waals surface area contributed by atoms with Gasteiger partial charge in [-0.2, -0.15) is 0 Å². The lowest BCUT2D eigenvalue weighted by Crippen LogP contribution is -2.30. The van der Waals surface area contributed by atoms with E-state index in [0.29, 0.717) is 12.0 Å². The minimum absolute atomic E-state index is 0.466. The quantitative estimate of drug-likeness (QED) is 0.863. The lowest BCUT2D eigenvalue weighted by molar-refractivity contribution is 0.216. The fourth-order valence-corrected chi connectivity index (χ4v) is 3.01. The summed E-state index contributed by atoms with van der Waals surface area (Å²) in [6.45, 7) is 4.07. The minimum atomic E-state index is 0.466. The molecule has 3 nitrogen and oxygen atoms in total. The van der Waals surface area contributed by atoms with E-state index in [1.807, 2.05) is 6.20 Å². The molecule has 1 saturated heterocycles. The van der Waals surface area contributed by atoms with Crippen molar-refractivity contribution in [2.45, 2.75) is 38.3 Å². The highest BCUT2D eigenvalue weighted by Crippen LogP contribution is 2.43. The largest absolute Gasteiger partial charge is 0.330 e. The van der Waals surface area contributed by atoms with Crippen LogP contribution in [0, 0.1) is 12.8 Å². The zero-order valence-electron chi connectivity index (χ0n) is 10.5. The maximum atomic E-state index is 5.92. The van der Waals surface area contributed by atoms with Crippen molar-refractivity contribution < 1.29 is 0 Å². The van der Waals surface area contributed by atoms with Crippen LogP contribution in [-0.4, -0.2) is 29.0 Å². The van der Waals surface area contributed by atoms with Crippen LogP contribution in [-0.2, 0) is 0 Å². The standard InChI is InChI=1S/C14H21N3/c1-10-2-5-13(16-9-10)14-11(8-15)6-7-17(14)12-3-4-12/h2,5,9,11-12,14H,3-4,6-8,15H2,1H3. The van der Waals surface area contributed by atoms with E-state index in [2.05, 4.69) is 28.9 Å². The molecule has 92 valence electrons. The van der Waals surface area contributed by atoms with Crippen molar-refractivity contribution in [3.63, 3.8) is 0 Å². The molecule has 2 atom stereocenters. The molecule has 1 aromatic heterocycles. The van der Waals surface area contributed by atoms with Crippen molar-refractivity contribution in [2.24, 2.45) is 11.7 Å². The predicted octanol–water partition coefficient (Wildman–Crippen LogP) is 1.87. The second-order valence-electron chi connectivity index (χ2n) is 5.46. The monoisotopic (exact) mass is 231 g/mol. The molecule has 2 unspecified atom stereocenters. The number of nitrogens with two attached hydrogens (primary N) is 1. The molecular formula is C14H21N3. The van der Waals surface area contributed by atoms with E-state index < -0.39 is 0 Å². The first-order valence-electron chi connectivity index (χ1n) is 6.68. The van der Waals surface area contributed by atoms with Crippen molar-refractivity contribution in [1.82, 2.24) is 9.88 Å². The first-order valence-corrected chi connectivity index (χ1v) is 6.68. The summed E-state index contributed by atoms with van der Waals surface area (Å²) in [5.41, 5.74) is 8.37. The Hall–Kier alpha value is -0.930. The zero-order chi connectivity index (χ0) is 11.8. The van der Waals surface area contributed by atoms with E-state index in [4.69, 9.17) is 5.73 Å². The third-order valence-electron chi connectivity index (χ3n) is 4.12. The molecule has 0 amide bonds. The third kappa shape index (κ3) is 2.09. The number of hydrogen-bond donors (Lipinski definition) is 1. The smallest absolute Gasteiger partial charge is 0.0579 e. The average molecular weight is 231 g/mol. The van der Waals surface area contributed by atoms with Gasteiger partial charge in [0, 0.05) is 12.2 Å². The lowest BCUT2D eigenvalue weighted by Gasteiger charge is -2.27. The molecule has 2 fully saturated rings. The summed E-state index contributed by atoms with van der Waals surface area (Å²) in [5, 5.41) is 0. The minimum Gasteiger partial charge on any atom is -0.330 e. The van der Waals surface area contributed by atoms with Crippen LogP contribution in [0.25, 0.3) is 0 Å². The summed E-state index contributed by atoms with van der Waals surface area (Å²) in [6.07, 6.45) is 5.93. The van der Waals surface area contributed by atoms with Crippen molar-refractivity contribution in [2.75, 3.05) is 13.1 Å². The van der Waals surface area contributed by atoms with Gasteiger partial charge in [0.2, 0.25) is 0 Å². The summed E-state index contributed by atoms with van der Waals surface area (Å²) in [7, 11) is 0. The van der Waals surface area contributed by atoms with E-state index in [1.165, 1.54) is 37.1 Å². The number of pyridine rings is 1. The molecule has 1 saturated carbocycles. The third-order valence-corrected chi connectivity index (χ3v) is 4.12. The van der Waals surface area contributed by atoms with Crippen molar-refractivity contribution in [1.29, 1.82) is 0 Å². The number of nitrogens with zero attached hydrogens (tertiary/aromatic N) is 2. The van der Waals surface area contributed by atoms with Crippen LogP contribution in [0.5, 0.6) is 0 Å². The number of rotatable bonds is 3. The molecule has 17 heavy (non-hydrogen) atoms. The van der Waals surface area contributed by atoms with Crippen LogP contribution < -0.4 is 5.73 Å². The Labute approximate surface area is 103 Å². The molecular weight excluding hydrogens is 210 g/mol. The molecule has 1 aliphatic carbocycles. The Morgan fingerprint density at radius 3 is 2.76 bits per heavy atom. The normalized spacial score (nSPS) is 29.8. The van der Waals surface area contributed by atoms with Gasteiger partial charge in [-0.15, -0.1) is 0 Å². The topological polar surface area (TPSA) is 42.1 Å². The Morgan fingerprint density at radius 2 is 2.18 bits per heavy atom. The highest BCUT2D eigenvalue weighted by molar-refractivity contribution is 5.18. The molecule has 2 heterocycles. The zero-order valence-corrected chi connectivity index (χ0v) is 10.5. The number of aryl methyl sites for hydroxylation is 1. The van der Waals surface area contributed by atoms with Crippen molar-refractivity contribution in [3.05, 3.63) is 29.6 Å². The highest BCUT2D eigenvalue weighted by atomic mass is 15.2. The summed E-state index contributed by atoms with van der Waals surface area (Å²) in [6, 6.07) is 5.62. The summed E-state index contributed by atoms with van der Waals surface area (Å²) < 4.78 is 0. The summed E-state index contributed by atoms with van der Waals surface area (Å²) in [4.78, 5) is 7.26. The molecule has 1 aromatic rings. The molecule has 0 bridgehead atoms. The second-order valence-corrected chi connectivity index (χ2v) is 5.46. The molecule has 0 radical (unpaired) electrons. The van der Waals surface area contributed by atoms with Crippen LogP contribution in [0.1, 0.15) is 36.6 Å². The van der Waals surface area contributed by atoms with Crippen LogP contribution in [0.15, 0.2) is 18.3 Å². The van der Waals surface area contributed by atoms with E-state index in [-0.39, 0.29) is 0 Å². The van der Waals surface area contributed by atoms with E-state index in [1.54, 1.807) is 0 Å². The maximum absolute atomic E-state index is 5.92.